The van der Waals surface area contributed by atoms with Gasteiger partial charge in [-0.05, 0) is 24.8 Å². The summed E-state index contributed by atoms with van der Waals surface area (Å²) in [4.78, 5) is 0. The minimum absolute atomic E-state index is 0.231. The highest BCUT2D eigenvalue weighted by atomic mass is 16.5. The van der Waals surface area contributed by atoms with Crippen molar-refractivity contribution in [1.29, 1.82) is 0 Å². The van der Waals surface area contributed by atoms with E-state index < -0.39 is 0 Å². The molecule has 0 aromatic heterocycles. The zero-order chi connectivity index (χ0) is 10.5. The van der Waals surface area contributed by atoms with Gasteiger partial charge in [0, 0.05) is 6.61 Å². The van der Waals surface area contributed by atoms with Crippen molar-refractivity contribution in [2.24, 2.45) is 5.84 Å². The number of hydrogen-bond acceptors (Lipinski definition) is 3. The Kier molecular flexibility index (Phi) is 3.72. The van der Waals surface area contributed by atoms with Crippen LogP contribution in [0.4, 0.5) is 0 Å². The van der Waals surface area contributed by atoms with Crippen LogP contribution in [0.3, 0.4) is 0 Å². The minimum atomic E-state index is 0.231. The van der Waals surface area contributed by atoms with Crippen molar-refractivity contribution in [2.45, 2.75) is 31.4 Å². The molecule has 1 aromatic carbocycles. The van der Waals surface area contributed by atoms with Gasteiger partial charge in [-0.1, -0.05) is 30.3 Å². The van der Waals surface area contributed by atoms with Crippen molar-refractivity contribution >= 4 is 0 Å². The predicted molar refractivity (Wildman–Crippen MR) is 60.2 cm³/mol. The van der Waals surface area contributed by atoms with Gasteiger partial charge >= 0.3 is 0 Å². The molecule has 2 unspecified atom stereocenters. The van der Waals surface area contributed by atoms with Gasteiger partial charge in [-0.2, -0.15) is 0 Å². The monoisotopic (exact) mass is 206 g/mol. The van der Waals surface area contributed by atoms with E-state index in [1.54, 1.807) is 0 Å². The maximum Gasteiger partial charge on any atom is 0.0745 e. The average molecular weight is 206 g/mol. The Morgan fingerprint density at radius 3 is 2.80 bits per heavy atom. The smallest absolute Gasteiger partial charge is 0.0745 e. The number of hydrogen-bond donors (Lipinski definition) is 2. The predicted octanol–water partition coefficient (Wildman–Crippen LogP) is 1.24. The zero-order valence-corrected chi connectivity index (χ0v) is 8.86. The van der Waals surface area contributed by atoms with Crippen molar-refractivity contribution < 1.29 is 4.74 Å². The Morgan fingerprint density at radius 2 is 2.20 bits per heavy atom. The molecule has 0 radical (unpaired) electrons. The second kappa shape index (κ2) is 5.26. The molecule has 3 nitrogen and oxygen atoms in total. The maximum atomic E-state index is 5.64. The summed E-state index contributed by atoms with van der Waals surface area (Å²) in [5.74, 6) is 5.57. The highest BCUT2D eigenvalue weighted by molar-refractivity contribution is 5.16. The van der Waals surface area contributed by atoms with E-state index in [1.165, 1.54) is 5.56 Å². The normalized spacial score (nSPS) is 22.9. The summed E-state index contributed by atoms with van der Waals surface area (Å²) < 4.78 is 5.64. The Morgan fingerprint density at radius 1 is 1.40 bits per heavy atom. The molecule has 0 amide bonds. The molecule has 0 saturated carbocycles. The topological polar surface area (TPSA) is 47.3 Å². The molecule has 3 heteroatoms. The maximum absolute atomic E-state index is 5.64. The third-order valence-corrected chi connectivity index (χ3v) is 2.93. The van der Waals surface area contributed by atoms with E-state index in [4.69, 9.17) is 10.6 Å². The molecule has 1 saturated heterocycles. The van der Waals surface area contributed by atoms with Gasteiger partial charge in [0.05, 0.1) is 12.1 Å². The molecule has 1 heterocycles. The van der Waals surface area contributed by atoms with Crippen LogP contribution in [0.15, 0.2) is 30.3 Å². The van der Waals surface area contributed by atoms with Crippen molar-refractivity contribution in [2.75, 3.05) is 6.61 Å². The van der Waals surface area contributed by atoms with Gasteiger partial charge in [0.25, 0.3) is 0 Å². The van der Waals surface area contributed by atoms with E-state index in [0.717, 1.165) is 25.9 Å². The molecule has 0 spiro atoms. The Labute approximate surface area is 90.6 Å². The van der Waals surface area contributed by atoms with Gasteiger partial charge < -0.3 is 4.74 Å². The molecular formula is C12H18N2O. The lowest BCUT2D eigenvalue weighted by Crippen LogP contribution is -2.45. The SMILES string of the molecule is NNC(Cc1ccccc1)C1CCCO1. The third kappa shape index (κ3) is 2.78. The van der Waals surface area contributed by atoms with Crippen LogP contribution < -0.4 is 11.3 Å². The molecule has 3 N–H and O–H groups in total. The molecule has 15 heavy (non-hydrogen) atoms. The van der Waals surface area contributed by atoms with Crippen molar-refractivity contribution in [3.63, 3.8) is 0 Å². The first kappa shape index (κ1) is 10.6. The molecule has 82 valence electrons. The van der Waals surface area contributed by atoms with Gasteiger partial charge in [0.15, 0.2) is 0 Å². The summed E-state index contributed by atoms with van der Waals surface area (Å²) in [6.45, 7) is 0.873. The van der Waals surface area contributed by atoms with Crippen molar-refractivity contribution in [1.82, 2.24) is 5.43 Å². The van der Waals surface area contributed by atoms with Gasteiger partial charge in [-0.3, -0.25) is 11.3 Å². The van der Waals surface area contributed by atoms with Gasteiger partial charge in [0.1, 0.15) is 0 Å². The fourth-order valence-electron chi connectivity index (χ4n) is 2.09. The molecule has 0 aliphatic carbocycles. The second-order valence-corrected chi connectivity index (χ2v) is 4.01. The zero-order valence-electron chi connectivity index (χ0n) is 8.86. The van der Waals surface area contributed by atoms with E-state index in [0.29, 0.717) is 0 Å². The summed E-state index contributed by atoms with van der Waals surface area (Å²) in [5.41, 5.74) is 4.17. The summed E-state index contributed by atoms with van der Waals surface area (Å²) in [5, 5.41) is 0. The van der Waals surface area contributed by atoms with Crippen LogP contribution in [-0.4, -0.2) is 18.8 Å². The fraction of sp³-hybridized carbons (Fsp3) is 0.500. The number of nitrogens with one attached hydrogen (secondary N) is 1. The molecule has 0 bridgehead atoms. The number of nitrogens with two attached hydrogens (primary N) is 1. The first-order chi connectivity index (χ1) is 7.40. The standard InChI is InChI=1S/C12H18N2O/c13-14-11(12-7-4-8-15-12)9-10-5-2-1-3-6-10/h1-3,5-6,11-12,14H,4,7-9,13H2. The van der Waals surface area contributed by atoms with Crippen LogP contribution in [0, 0.1) is 0 Å². The molecule has 1 aliphatic rings. The summed E-state index contributed by atoms with van der Waals surface area (Å²) in [6, 6.07) is 10.6. The van der Waals surface area contributed by atoms with Crippen LogP contribution >= 0.6 is 0 Å². The van der Waals surface area contributed by atoms with Gasteiger partial charge in [0.2, 0.25) is 0 Å². The minimum Gasteiger partial charge on any atom is -0.377 e. The number of hydrazine groups is 1. The summed E-state index contributed by atoms with van der Waals surface area (Å²) in [7, 11) is 0. The van der Waals surface area contributed by atoms with Crippen LogP contribution in [0.25, 0.3) is 0 Å². The lowest BCUT2D eigenvalue weighted by Gasteiger charge is -2.22. The second-order valence-electron chi connectivity index (χ2n) is 4.01. The molecular weight excluding hydrogens is 188 g/mol. The molecule has 2 atom stereocenters. The third-order valence-electron chi connectivity index (χ3n) is 2.93. The highest BCUT2D eigenvalue weighted by Gasteiger charge is 2.24. The van der Waals surface area contributed by atoms with Gasteiger partial charge in [-0.15, -0.1) is 0 Å². The molecule has 1 aliphatic heterocycles. The Balaban J connectivity index is 1.96. The van der Waals surface area contributed by atoms with E-state index >= 15 is 0 Å². The Hall–Kier alpha value is -0.900. The van der Waals surface area contributed by atoms with Crippen LogP contribution in [0.1, 0.15) is 18.4 Å². The fourth-order valence-corrected chi connectivity index (χ4v) is 2.09. The van der Waals surface area contributed by atoms with Crippen LogP contribution in [-0.2, 0) is 11.2 Å². The van der Waals surface area contributed by atoms with E-state index in [2.05, 4.69) is 29.7 Å². The molecule has 1 aromatic rings. The summed E-state index contributed by atoms with van der Waals surface area (Å²) in [6.07, 6.45) is 3.47. The number of benzene rings is 1. The van der Waals surface area contributed by atoms with Crippen molar-refractivity contribution in [3.8, 4) is 0 Å². The largest absolute Gasteiger partial charge is 0.377 e. The quantitative estimate of drug-likeness (QED) is 0.575. The first-order valence-corrected chi connectivity index (χ1v) is 5.52. The highest BCUT2D eigenvalue weighted by Crippen LogP contribution is 2.18. The average Bonchev–Trinajstić information content (AvgIpc) is 2.81. The van der Waals surface area contributed by atoms with Gasteiger partial charge in [-0.25, -0.2) is 0 Å². The Bertz CT molecular complexity index is 283. The number of rotatable bonds is 4. The van der Waals surface area contributed by atoms with Crippen LogP contribution in [0.5, 0.6) is 0 Å². The lowest BCUT2D eigenvalue weighted by atomic mass is 10.0. The summed E-state index contributed by atoms with van der Waals surface area (Å²) >= 11 is 0. The molecule has 1 fully saturated rings. The number of ether oxygens (including phenoxy) is 1. The lowest BCUT2D eigenvalue weighted by molar-refractivity contribution is 0.0784. The van der Waals surface area contributed by atoms with E-state index in [1.807, 2.05) is 6.07 Å². The van der Waals surface area contributed by atoms with E-state index in [9.17, 15) is 0 Å². The van der Waals surface area contributed by atoms with Crippen molar-refractivity contribution in [3.05, 3.63) is 35.9 Å². The first-order valence-electron chi connectivity index (χ1n) is 5.52. The van der Waals surface area contributed by atoms with Crippen LogP contribution in [0.2, 0.25) is 0 Å². The van der Waals surface area contributed by atoms with E-state index in [-0.39, 0.29) is 12.1 Å². The molecule has 2 rings (SSSR count).